The number of aromatic nitrogens is 1. The fourth-order valence-corrected chi connectivity index (χ4v) is 2.09. The molecule has 0 saturated carbocycles. The molecule has 1 aromatic heterocycles. The van der Waals surface area contributed by atoms with Crippen LogP contribution >= 0.6 is 11.6 Å². The highest BCUT2D eigenvalue weighted by Crippen LogP contribution is 2.20. The van der Waals surface area contributed by atoms with Crippen LogP contribution in [0.4, 0.5) is 0 Å². The topological polar surface area (TPSA) is 79.3 Å². The molecule has 0 saturated heterocycles. The molecule has 21 heavy (non-hydrogen) atoms. The first kappa shape index (κ1) is 14.8. The summed E-state index contributed by atoms with van der Waals surface area (Å²) < 4.78 is 0. The molecule has 1 atom stereocenters. The molecule has 1 aromatic carbocycles. The van der Waals surface area contributed by atoms with E-state index in [9.17, 15) is 9.59 Å². The molecule has 1 amide bonds. The summed E-state index contributed by atoms with van der Waals surface area (Å²) in [5.41, 5.74) is 0.813. The summed E-state index contributed by atoms with van der Waals surface area (Å²) in [7, 11) is 0. The largest absolute Gasteiger partial charge is 0.480 e. The molecule has 0 fully saturated rings. The third-order valence-corrected chi connectivity index (χ3v) is 3.05. The van der Waals surface area contributed by atoms with Gasteiger partial charge in [0.2, 0.25) is 0 Å². The summed E-state index contributed by atoms with van der Waals surface area (Å²) in [6, 6.07) is 7.21. The van der Waals surface area contributed by atoms with Crippen molar-refractivity contribution in [3.8, 4) is 12.3 Å². The SMILES string of the molecule is C#CCC(NC(=O)c1cc(Cl)nc2ccccc12)C(=O)O. The van der Waals surface area contributed by atoms with E-state index < -0.39 is 17.9 Å². The number of carboxylic acid groups (broad SMARTS) is 1. The summed E-state index contributed by atoms with van der Waals surface area (Å²) in [5, 5.41) is 12.1. The van der Waals surface area contributed by atoms with E-state index in [1.807, 2.05) is 0 Å². The molecule has 2 rings (SSSR count). The second kappa shape index (κ2) is 6.25. The van der Waals surface area contributed by atoms with Gasteiger partial charge >= 0.3 is 5.97 Å². The normalized spacial score (nSPS) is 11.6. The third-order valence-electron chi connectivity index (χ3n) is 2.85. The maximum absolute atomic E-state index is 12.3. The molecule has 5 nitrogen and oxygen atoms in total. The number of carboxylic acids is 1. The van der Waals surface area contributed by atoms with Gasteiger partial charge in [0, 0.05) is 11.8 Å². The summed E-state index contributed by atoms with van der Waals surface area (Å²) in [6.45, 7) is 0. The van der Waals surface area contributed by atoms with Gasteiger partial charge in [-0.15, -0.1) is 12.3 Å². The van der Waals surface area contributed by atoms with Gasteiger partial charge in [0.1, 0.15) is 11.2 Å². The zero-order valence-electron chi connectivity index (χ0n) is 10.8. The molecular formula is C15H11ClN2O3. The first-order chi connectivity index (χ1) is 10.0. The highest BCUT2D eigenvalue weighted by Gasteiger charge is 2.21. The lowest BCUT2D eigenvalue weighted by Crippen LogP contribution is -2.40. The fraction of sp³-hybridized carbons (Fsp3) is 0.133. The quantitative estimate of drug-likeness (QED) is 0.669. The molecule has 0 bridgehead atoms. The number of para-hydroxylation sites is 1. The molecule has 0 spiro atoms. The van der Waals surface area contributed by atoms with Crippen LogP contribution in [0.1, 0.15) is 16.8 Å². The van der Waals surface area contributed by atoms with Crippen LogP contribution in [0.25, 0.3) is 10.9 Å². The molecule has 0 aliphatic heterocycles. The number of nitrogens with one attached hydrogen (secondary N) is 1. The van der Waals surface area contributed by atoms with Crippen molar-refractivity contribution in [1.29, 1.82) is 0 Å². The van der Waals surface area contributed by atoms with Crippen molar-refractivity contribution >= 4 is 34.4 Å². The van der Waals surface area contributed by atoms with E-state index in [-0.39, 0.29) is 17.1 Å². The summed E-state index contributed by atoms with van der Waals surface area (Å²) >= 11 is 5.89. The van der Waals surface area contributed by atoms with Gasteiger partial charge in [0.25, 0.3) is 5.91 Å². The van der Waals surface area contributed by atoms with Crippen LogP contribution in [-0.2, 0) is 4.79 Å². The number of nitrogens with zero attached hydrogens (tertiary/aromatic N) is 1. The fourth-order valence-electron chi connectivity index (χ4n) is 1.88. The predicted octanol–water partition coefficient (Wildman–Crippen LogP) is 2.09. The Hall–Kier alpha value is -2.58. The molecule has 1 unspecified atom stereocenters. The number of pyridine rings is 1. The highest BCUT2D eigenvalue weighted by molar-refractivity contribution is 6.30. The third kappa shape index (κ3) is 3.30. The number of hydrogen-bond donors (Lipinski definition) is 2. The monoisotopic (exact) mass is 302 g/mol. The van der Waals surface area contributed by atoms with Gasteiger partial charge in [-0.1, -0.05) is 29.8 Å². The lowest BCUT2D eigenvalue weighted by atomic mass is 10.1. The molecule has 2 N–H and O–H groups in total. The predicted molar refractivity (Wildman–Crippen MR) is 79.1 cm³/mol. The van der Waals surface area contributed by atoms with E-state index in [1.165, 1.54) is 6.07 Å². The molecule has 0 aliphatic carbocycles. The molecular weight excluding hydrogens is 292 g/mol. The number of rotatable bonds is 4. The van der Waals surface area contributed by atoms with Gasteiger partial charge < -0.3 is 10.4 Å². The van der Waals surface area contributed by atoms with Crippen molar-refractivity contribution in [3.05, 3.63) is 41.0 Å². The minimum atomic E-state index is -1.19. The Morgan fingerprint density at radius 3 is 2.81 bits per heavy atom. The van der Waals surface area contributed by atoms with Gasteiger partial charge in [-0.25, -0.2) is 9.78 Å². The molecule has 1 heterocycles. The Labute approximate surface area is 125 Å². The smallest absolute Gasteiger partial charge is 0.327 e. The molecule has 0 aliphatic rings. The van der Waals surface area contributed by atoms with Crippen molar-refractivity contribution in [2.24, 2.45) is 0 Å². The van der Waals surface area contributed by atoms with Crippen molar-refractivity contribution in [2.75, 3.05) is 0 Å². The van der Waals surface area contributed by atoms with E-state index in [1.54, 1.807) is 24.3 Å². The zero-order chi connectivity index (χ0) is 15.4. The highest BCUT2D eigenvalue weighted by atomic mass is 35.5. The van der Waals surface area contributed by atoms with E-state index in [0.717, 1.165) is 0 Å². The Morgan fingerprint density at radius 1 is 1.43 bits per heavy atom. The van der Waals surface area contributed by atoms with Crippen molar-refractivity contribution in [3.63, 3.8) is 0 Å². The minimum Gasteiger partial charge on any atom is -0.480 e. The minimum absolute atomic E-state index is 0.0994. The maximum atomic E-state index is 12.3. The standard InChI is InChI=1S/C15H11ClN2O3/c1-2-5-12(15(20)21)18-14(19)10-8-13(16)17-11-7-4-3-6-9(10)11/h1,3-4,6-8,12H,5H2,(H,18,19)(H,20,21). The number of halogens is 1. The Balaban J connectivity index is 2.39. The lowest BCUT2D eigenvalue weighted by Gasteiger charge is -2.13. The number of amides is 1. The number of hydrogen-bond acceptors (Lipinski definition) is 3. The summed E-state index contributed by atoms with van der Waals surface area (Å²) in [6.07, 6.45) is 5.00. The van der Waals surface area contributed by atoms with E-state index >= 15 is 0 Å². The first-order valence-corrected chi connectivity index (χ1v) is 6.43. The first-order valence-electron chi connectivity index (χ1n) is 6.05. The maximum Gasteiger partial charge on any atom is 0.327 e. The van der Waals surface area contributed by atoms with Crippen LogP contribution in [0.3, 0.4) is 0 Å². The van der Waals surface area contributed by atoms with Gasteiger partial charge in [-0.05, 0) is 12.1 Å². The van der Waals surface area contributed by atoms with E-state index in [2.05, 4.69) is 16.2 Å². The van der Waals surface area contributed by atoms with Crippen LogP contribution < -0.4 is 5.32 Å². The number of benzene rings is 1. The lowest BCUT2D eigenvalue weighted by molar-refractivity contribution is -0.139. The number of carbonyl (C=O) groups is 2. The Bertz CT molecular complexity index is 752. The number of carbonyl (C=O) groups excluding carboxylic acids is 1. The summed E-state index contributed by atoms with van der Waals surface area (Å²) in [5.74, 6) is 0.474. The average molecular weight is 303 g/mol. The van der Waals surface area contributed by atoms with Crippen molar-refractivity contribution in [2.45, 2.75) is 12.5 Å². The molecule has 6 heteroatoms. The Kier molecular flexibility index (Phi) is 4.41. The number of fused-ring (bicyclic) bond motifs is 1. The van der Waals surface area contributed by atoms with Gasteiger partial charge in [-0.2, -0.15) is 0 Å². The molecule has 0 radical (unpaired) electrons. The van der Waals surface area contributed by atoms with Gasteiger partial charge in [0.15, 0.2) is 0 Å². The van der Waals surface area contributed by atoms with Crippen LogP contribution in [0.2, 0.25) is 5.15 Å². The second-order valence-electron chi connectivity index (χ2n) is 4.28. The zero-order valence-corrected chi connectivity index (χ0v) is 11.6. The van der Waals surface area contributed by atoms with Crippen LogP contribution in [0.15, 0.2) is 30.3 Å². The van der Waals surface area contributed by atoms with E-state index in [0.29, 0.717) is 10.9 Å². The van der Waals surface area contributed by atoms with Crippen LogP contribution in [0.5, 0.6) is 0 Å². The van der Waals surface area contributed by atoms with Gasteiger partial charge in [-0.3, -0.25) is 4.79 Å². The molecule has 2 aromatic rings. The van der Waals surface area contributed by atoms with Crippen LogP contribution in [0, 0.1) is 12.3 Å². The van der Waals surface area contributed by atoms with E-state index in [4.69, 9.17) is 23.1 Å². The number of aliphatic carboxylic acids is 1. The Morgan fingerprint density at radius 2 is 2.14 bits per heavy atom. The van der Waals surface area contributed by atoms with Crippen molar-refractivity contribution < 1.29 is 14.7 Å². The van der Waals surface area contributed by atoms with Crippen molar-refractivity contribution in [1.82, 2.24) is 10.3 Å². The second-order valence-corrected chi connectivity index (χ2v) is 4.67. The average Bonchev–Trinajstić information content (AvgIpc) is 2.45. The molecule has 106 valence electrons. The van der Waals surface area contributed by atoms with Crippen LogP contribution in [-0.4, -0.2) is 28.0 Å². The summed E-state index contributed by atoms with van der Waals surface area (Å²) in [4.78, 5) is 27.4. The van der Waals surface area contributed by atoms with Gasteiger partial charge in [0.05, 0.1) is 11.1 Å². The number of terminal acetylenes is 1.